The molecule has 9 heavy (non-hydrogen) atoms. The van der Waals surface area contributed by atoms with E-state index in [4.69, 9.17) is 10.2 Å². The Morgan fingerprint density at radius 2 is 1.22 bits per heavy atom. The van der Waals surface area contributed by atoms with Gasteiger partial charge in [-0.15, -0.1) is 0 Å². The summed E-state index contributed by atoms with van der Waals surface area (Å²) in [5, 5.41) is 15.8. The van der Waals surface area contributed by atoms with Crippen LogP contribution in [0.2, 0.25) is 0 Å². The zero-order chi connectivity index (χ0) is 6.57. The fraction of sp³-hybridized carbons (Fsp3) is 0.500. The number of hydrogen-bond acceptors (Lipinski definition) is 2. The Bertz CT molecular complexity index is 97.1. The van der Waals surface area contributed by atoms with Crippen LogP contribution in [-0.4, -0.2) is 22.2 Å². The number of aliphatic carboxylic acids is 2. The van der Waals surface area contributed by atoms with Crippen LogP contribution in [0.5, 0.6) is 0 Å². The van der Waals surface area contributed by atoms with Gasteiger partial charge in [-0.25, -0.2) is 0 Å². The Labute approximate surface area is 67.4 Å². The molecular weight excluding hydrogens is 220 g/mol. The zero-order valence-corrected chi connectivity index (χ0v) is 5.91. The molecule has 0 rings (SSSR count). The Hall–Kier alpha value is -0.320. The van der Waals surface area contributed by atoms with Crippen molar-refractivity contribution >= 4 is 11.9 Å². The van der Waals surface area contributed by atoms with Gasteiger partial charge in [0, 0.05) is 22.4 Å². The molecule has 0 saturated carbocycles. The van der Waals surface area contributed by atoms with Gasteiger partial charge in [0.15, 0.2) is 0 Å². The smallest absolute Gasteiger partial charge is 0.303 e. The third-order valence-electron chi connectivity index (χ3n) is 0.553. The van der Waals surface area contributed by atoms with E-state index in [0.29, 0.717) is 0 Å². The summed E-state index contributed by atoms with van der Waals surface area (Å²) in [6, 6.07) is 0. The van der Waals surface area contributed by atoms with Gasteiger partial charge in [-0.3, -0.25) is 9.59 Å². The van der Waals surface area contributed by atoms with Gasteiger partial charge in [0.2, 0.25) is 0 Å². The standard InChI is InChI=1S/C4H6O4.Ag/c5-3(6)1-2-4(7)8;/h1-2H2,(H,5,6)(H,7,8);. The van der Waals surface area contributed by atoms with Crippen molar-refractivity contribution in [1.29, 1.82) is 0 Å². The largest absolute Gasteiger partial charge is 0.481 e. The van der Waals surface area contributed by atoms with Crippen molar-refractivity contribution in [3.8, 4) is 0 Å². The molecule has 0 amide bonds. The van der Waals surface area contributed by atoms with Gasteiger partial charge in [0.25, 0.3) is 0 Å². The number of carboxylic acid groups (broad SMARTS) is 2. The molecule has 4 nitrogen and oxygen atoms in total. The second-order valence-electron chi connectivity index (χ2n) is 1.29. The summed E-state index contributed by atoms with van der Waals surface area (Å²) in [7, 11) is 0. The molecule has 0 spiro atoms. The topological polar surface area (TPSA) is 74.6 Å². The van der Waals surface area contributed by atoms with E-state index in [9.17, 15) is 9.59 Å². The van der Waals surface area contributed by atoms with Crippen LogP contribution in [0.3, 0.4) is 0 Å². The first kappa shape index (κ1) is 11.5. The summed E-state index contributed by atoms with van der Waals surface area (Å²) in [4.78, 5) is 19.3. The average molecular weight is 226 g/mol. The molecule has 0 aromatic carbocycles. The Balaban J connectivity index is 0. The van der Waals surface area contributed by atoms with E-state index in [-0.39, 0.29) is 35.2 Å². The predicted molar refractivity (Wildman–Crippen MR) is 24.5 cm³/mol. The van der Waals surface area contributed by atoms with Crippen LogP contribution in [0.15, 0.2) is 0 Å². The Morgan fingerprint density at radius 3 is 1.33 bits per heavy atom. The summed E-state index contributed by atoms with van der Waals surface area (Å²) in [6.45, 7) is 0. The monoisotopic (exact) mass is 225 g/mol. The first-order chi connectivity index (χ1) is 3.63. The van der Waals surface area contributed by atoms with Crippen molar-refractivity contribution in [2.75, 3.05) is 0 Å². The minimum absolute atomic E-state index is 0. The number of hydrogen-bond donors (Lipinski definition) is 2. The van der Waals surface area contributed by atoms with Crippen LogP contribution in [-0.2, 0) is 32.0 Å². The van der Waals surface area contributed by atoms with Gasteiger partial charge in [0.05, 0.1) is 12.8 Å². The van der Waals surface area contributed by atoms with Gasteiger partial charge >= 0.3 is 11.9 Å². The van der Waals surface area contributed by atoms with Crippen molar-refractivity contribution < 1.29 is 42.2 Å². The molecule has 0 aromatic heterocycles. The molecule has 0 heterocycles. The molecule has 0 aliphatic heterocycles. The molecule has 5 heteroatoms. The summed E-state index contributed by atoms with van der Waals surface area (Å²) in [5.41, 5.74) is 0. The molecule has 0 atom stereocenters. The third kappa shape index (κ3) is 11.3. The maximum Gasteiger partial charge on any atom is 0.303 e. The molecule has 2 N–H and O–H groups in total. The molecule has 0 aliphatic rings. The van der Waals surface area contributed by atoms with Gasteiger partial charge in [-0.1, -0.05) is 0 Å². The molecule has 0 aliphatic carbocycles. The van der Waals surface area contributed by atoms with Crippen LogP contribution in [0.4, 0.5) is 0 Å². The minimum atomic E-state index is -1.08. The van der Waals surface area contributed by atoms with Crippen LogP contribution < -0.4 is 0 Å². The summed E-state index contributed by atoms with van der Waals surface area (Å²) < 4.78 is 0. The Kier molecular flexibility index (Phi) is 7.41. The maximum absolute atomic E-state index is 9.64. The molecule has 0 aromatic rings. The maximum atomic E-state index is 9.64. The number of carboxylic acids is 2. The SMILES string of the molecule is O=C(O)CCC(=O)O.[Ag]. The van der Waals surface area contributed by atoms with Gasteiger partial charge in [-0.2, -0.15) is 0 Å². The van der Waals surface area contributed by atoms with E-state index in [0.717, 1.165) is 0 Å². The summed E-state index contributed by atoms with van der Waals surface area (Å²) in [6.07, 6.45) is -0.593. The first-order valence-corrected chi connectivity index (χ1v) is 2.06. The van der Waals surface area contributed by atoms with Gasteiger partial charge < -0.3 is 10.2 Å². The normalized spacial score (nSPS) is 7.56. The van der Waals surface area contributed by atoms with Crippen LogP contribution in [0.1, 0.15) is 12.8 Å². The molecule has 57 valence electrons. The molecule has 1 radical (unpaired) electrons. The predicted octanol–water partition coefficient (Wildman–Crippen LogP) is -0.0667. The van der Waals surface area contributed by atoms with Crippen LogP contribution in [0.25, 0.3) is 0 Å². The van der Waals surface area contributed by atoms with Gasteiger partial charge in [-0.05, 0) is 0 Å². The molecule has 0 bridgehead atoms. The Morgan fingerprint density at radius 1 is 1.00 bits per heavy atom. The second-order valence-corrected chi connectivity index (χ2v) is 1.29. The summed E-state index contributed by atoms with van der Waals surface area (Å²) >= 11 is 0. The second kappa shape index (κ2) is 5.81. The minimum Gasteiger partial charge on any atom is -0.481 e. The van der Waals surface area contributed by atoms with E-state index < -0.39 is 11.9 Å². The molecule has 0 saturated heterocycles. The summed E-state index contributed by atoms with van der Waals surface area (Å²) in [5.74, 6) is -2.15. The van der Waals surface area contributed by atoms with E-state index in [1.807, 2.05) is 0 Å². The van der Waals surface area contributed by atoms with E-state index in [1.54, 1.807) is 0 Å². The van der Waals surface area contributed by atoms with Gasteiger partial charge in [0.1, 0.15) is 0 Å². The fourth-order valence-electron chi connectivity index (χ4n) is 0.214. The van der Waals surface area contributed by atoms with Crippen molar-refractivity contribution in [2.45, 2.75) is 12.8 Å². The van der Waals surface area contributed by atoms with Crippen LogP contribution >= 0.6 is 0 Å². The fourth-order valence-corrected chi connectivity index (χ4v) is 0.214. The van der Waals surface area contributed by atoms with Crippen molar-refractivity contribution in [1.82, 2.24) is 0 Å². The van der Waals surface area contributed by atoms with E-state index in [2.05, 4.69) is 0 Å². The van der Waals surface area contributed by atoms with Crippen molar-refractivity contribution in [3.63, 3.8) is 0 Å². The quantitative estimate of drug-likeness (QED) is 0.660. The molecular formula is C4H6AgO4. The number of rotatable bonds is 3. The zero-order valence-electron chi connectivity index (χ0n) is 4.43. The molecule has 0 fully saturated rings. The van der Waals surface area contributed by atoms with Crippen molar-refractivity contribution in [3.05, 3.63) is 0 Å². The molecule has 0 unspecified atom stereocenters. The number of carbonyl (C=O) groups is 2. The first-order valence-electron chi connectivity index (χ1n) is 2.06. The van der Waals surface area contributed by atoms with Crippen LogP contribution in [0, 0.1) is 0 Å². The van der Waals surface area contributed by atoms with E-state index >= 15 is 0 Å². The van der Waals surface area contributed by atoms with E-state index in [1.165, 1.54) is 0 Å². The average Bonchev–Trinajstić information content (AvgIpc) is 1.61. The third-order valence-corrected chi connectivity index (χ3v) is 0.553. The van der Waals surface area contributed by atoms with Crippen molar-refractivity contribution in [2.24, 2.45) is 0 Å².